The van der Waals surface area contributed by atoms with Crippen molar-refractivity contribution >= 4 is 23.3 Å². The van der Waals surface area contributed by atoms with Crippen molar-refractivity contribution in [2.45, 2.75) is 25.3 Å². The Hall–Kier alpha value is -3.89. The summed E-state index contributed by atoms with van der Waals surface area (Å²) in [6, 6.07) is 11.3. The zero-order valence-corrected chi connectivity index (χ0v) is 20.0. The van der Waals surface area contributed by atoms with Crippen molar-refractivity contribution in [3.05, 3.63) is 76.5 Å². The lowest BCUT2D eigenvalue weighted by atomic mass is 9.99. The zero-order valence-electron chi connectivity index (χ0n) is 19.3. The summed E-state index contributed by atoms with van der Waals surface area (Å²) < 4.78 is 14.0. The molecule has 0 spiro atoms. The molecule has 1 aliphatic heterocycles. The zero-order chi connectivity index (χ0) is 25.1. The van der Waals surface area contributed by atoms with Gasteiger partial charge in [0.1, 0.15) is 11.6 Å². The topological polar surface area (TPSA) is 134 Å². The first-order valence-corrected chi connectivity index (χ1v) is 11.9. The van der Waals surface area contributed by atoms with Gasteiger partial charge in [0, 0.05) is 40.7 Å². The number of rotatable bonds is 6. The second-order valence-corrected chi connectivity index (χ2v) is 8.95. The number of nitrogen functional groups attached to an aromatic ring is 1. The van der Waals surface area contributed by atoms with Crippen LogP contribution in [0.25, 0.3) is 22.8 Å². The Morgan fingerprint density at radius 1 is 1.22 bits per heavy atom. The van der Waals surface area contributed by atoms with E-state index in [1.807, 2.05) is 6.07 Å². The van der Waals surface area contributed by atoms with Crippen LogP contribution in [0.2, 0.25) is 5.02 Å². The van der Waals surface area contributed by atoms with E-state index in [1.165, 1.54) is 18.3 Å². The number of aromatic nitrogens is 5. The van der Waals surface area contributed by atoms with E-state index in [4.69, 9.17) is 17.3 Å². The molecule has 1 atom stereocenters. The molecule has 3 heterocycles. The minimum atomic E-state index is -0.476. The fourth-order valence-corrected chi connectivity index (χ4v) is 4.37. The van der Waals surface area contributed by atoms with Crippen LogP contribution in [0.3, 0.4) is 0 Å². The normalized spacial score (nSPS) is 15.6. The summed E-state index contributed by atoms with van der Waals surface area (Å²) in [6.07, 6.45) is 3.64. The van der Waals surface area contributed by atoms with Gasteiger partial charge < -0.3 is 16.4 Å². The minimum Gasteiger partial charge on any atom is -0.382 e. The molecular weight excluding hydrogens is 483 g/mol. The third-order valence-electron chi connectivity index (χ3n) is 6.11. The summed E-state index contributed by atoms with van der Waals surface area (Å²) in [7, 11) is 0. The first kappa shape index (κ1) is 23.8. The minimum absolute atomic E-state index is 0.0376. The largest absolute Gasteiger partial charge is 0.382 e. The number of nitrogens with two attached hydrogens (primary N) is 1. The summed E-state index contributed by atoms with van der Waals surface area (Å²) in [5, 5.41) is 13.6. The number of carbonyl (C=O) groups excluding carboxylic acids is 1. The van der Waals surface area contributed by atoms with Crippen LogP contribution < -0.4 is 16.4 Å². The molecule has 1 amide bonds. The van der Waals surface area contributed by atoms with Crippen LogP contribution in [0.5, 0.6) is 0 Å². The summed E-state index contributed by atoms with van der Waals surface area (Å²) in [6.45, 7) is 1.81. The molecule has 36 heavy (non-hydrogen) atoms. The predicted octanol–water partition coefficient (Wildman–Crippen LogP) is 3.70. The van der Waals surface area contributed by atoms with Crippen LogP contribution in [-0.4, -0.2) is 44.1 Å². The Bertz CT molecular complexity index is 1380. The van der Waals surface area contributed by atoms with Gasteiger partial charge in [0.25, 0.3) is 5.91 Å². The molecule has 4 aromatic rings. The number of benzene rings is 2. The van der Waals surface area contributed by atoms with E-state index in [2.05, 4.69) is 35.8 Å². The van der Waals surface area contributed by atoms with Crippen molar-refractivity contribution in [3.63, 3.8) is 0 Å². The smallest absolute Gasteiger partial charge is 0.251 e. The average molecular weight is 507 g/mol. The number of nitrogens with one attached hydrogen (secondary N) is 3. The molecule has 1 fully saturated rings. The Kier molecular flexibility index (Phi) is 6.88. The summed E-state index contributed by atoms with van der Waals surface area (Å²) >= 11 is 6.06. The van der Waals surface area contributed by atoms with E-state index in [-0.39, 0.29) is 34.8 Å². The van der Waals surface area contributed by atoms with E-state index >= 15 is 0 Å². The van der Waals surface area contributed by atoms with E-state index in [0.717, 1.165) is 31.8 Å². The second kappa shape index (κ2) is 10.4. The van der Waals surface area contributed by atoms with E-state index in [1.54, 1.807) is 24.3 Å². The van der Waals surface area contributed by atoms with Gasteiger partial charge in [-0.3, -0.25) is 9.89 Å². The fourth-order valence-electron chi connectivity index (χ4n) is 4.14. The summed E-state index contributed by atoms with van der Waals surface area (Å²) in [5.41, 5.74) is 8.24. The number of hydrogen-bond donors (Lipinski definition) is 4. The molecule has 0 bridgehead atoms. The number of anilines is 1. The van der Waals surface area contributed by atoms with Gasteiger partial charge in [0.05, 0.1) is 11.9 Å². The highest BCUT2D eigenvalue weighted by Gasteiger charge is 2.21. The number of carbonyl (C=O) groups is 1. The van der Waals surface area contributed by atoms with Gasteiger partial charge in [-0.25, -0.2) is 19.3 Å². The van der Waals surface area contributed by atoms with Crippen molar-refractivity contribution in [1.29, 1.82) is 0 Å². The van der Waals surface area contributed by atoms with Crippen molar-refractivity contribution < 1.29 is 9.18 Å². The first-order chi connectivity index (χ1) is 17.5. The molecular formula is C25H24ClFN8O. The lowest BCUT2D eigenvalue weighted by Gasteiger charge is -2.20. The summed E-state index contributed by atoms with van der Waals surface area (Å²) in [5.74, 6) is 0.777. The first-order valence-electron chi connectivity index (χ1n) is 11.6. The van der Waals surface area contributed by atoms with Crippen LogP contribution in [0.4, 0.5) is 10.2 Å². The van der Waals surface area contributed by atoms with Crippen LogP contribution in [-0.2, 0) is 6.54 Å². The van der Waals surface area contributed by atoms with Gasteiger partial charge in [0.15, 0.2) is 11.5 Å². The summed E-state index contributed by atoms with van der Waals surface area (Å²) in [4.78, 5) is 26.3. The quantitative estimate of drug-likeness (QED) is 0.313. The number of amides is 1. The van der Waals surface area contributed by atoms with Gasteiger partial charge in [-0.2, -0.15) is 5.10 Å². The van der Waals surface area contributed by atoms with Crippen LogP contribution in [0, 0.1) is 5.82 Å². The standard InChI is InChI=1S/C25H24ClFN8O/c26-18-7-2-8-19(27)17(18)12-31-25(36)15-5-1-4-14(10-15)20-13-30-22(28)21(32-20)24-33-23(34-35-24)16-6-3-9-29-11-16/h1-2,4-5,7-8,10,13,16,29H,3,6,9,11-12H2,(H2,28,30)(H,31,36)(H,33,34,35)/t16-/m0/s1. The highest BCUT2D eigenvalue weighted by atomic mass is 35.5. The number of nitrogens with zero attached hydrogens (tertiary/aromatic N) is 4. The predicted molar refractivity (Wildman–Crippen MR) is 135 cm³/mol. The molecule has 11 heteroatoms. The van der Waals surface area contributed by atoms with E-state index in [0.29, 0.717) is 28.3 Å². The van der Waals surface area contributed by atoms with Gasteiger partial charge in [-0.05, 0) is 43.7 Å². The number of piperidine rings is 1. The molecule has 0 radical (unpaired) electrons. The van der Waals surface area contributed by atoms with E-state index < -0.39 is 5.82 Å². The Morgan fingerprint density at radius 3 is 2.89 bits per heavy atom. The lowest BCUT2D eigenvalue weighted by molar-refractivity contribution is 0.0950. The average Bonchev–Trinajstić information content (AvgIpc) is 3.39. The van der Waals surface area contributed by atoms with Gasteiger partial charge >= 0.3 is 0 Å². The van der Waals surface area contributed by atoms with Crippen molar-refractivity contribution in [2.75, 3.05) is 18.8 Å². The highest BCUT2D eigenvalue weighted by molar-refractivity contribution is 6.31. The maximum Gasteiger partial charge on any atom is 0.251 e. The number of hydrogen-bond acceptors (Lipinski definition) is 7. The molecule has 5 rings (SSSR count). The van der Waals surface area contributed by atoms with Gasteiger partial charge in [0.2, 0.25) is 5.82 Å². The van der Waals surface area contributed by atoms with Gasteiger partial charge in [-0.1, -0.05) is 29.8 Å². The Morgan fingerprint density at radius 2 is 2.08 bits per heavy atom. The van der Waals surface area contributed by atoms with Gasteiger partial charge in [-0.15, -0.1) is 0 Å². The van der Waals surface area contributed by atoms with Crippen LogP contribution >= 0.6 is 11.6 Å². The molecule has 9 nitrogen and oxygen atoms in total. The van der Waals surface area contributed by atoms with Crippen molar-refractivity contribution in [2.24, 2.45) is 0 Å². The molecule has 2 aromatic heterocycles. The lowest BCUT2D eigenvalue weighted by Crippen LogP contribution is -2.28. The Balaban J connectivity index is 1.36. The molecule has 184 valence electrons. The number of aromatic amines is 1. The monoisotopic (exact) mass is 506 g/mol. The molecule has 2 aromatic carbocycles. The third kappa shape index (κ3) is 5.05. The van der Waals surface area contributed by atoms with Crippen molar-refractivity contribution in [1.82, 2.24) is 35.8 Å². The van der Waals surface area contributed by atoms with Crippen LogP contribution in [0.15, 0.2) is 48.7 Å². The second-order valence-electron chi connectivity index (χ2n) is 8.54. The molecule has 0 aliphatic carbocycles. The third-order valence-corrected chi connectivity index (χ3v) is 6.46. The Labute approximate surface area is 211 Å². The number of H-pyrrole nitrogens is 1. The maximum atomic E-state index is 14.0. The molecule has 1 saturated heterocycles. The van der Waals surface area contributed by atoms with E-state index in [9.17, 15) is 9.18 Å². The molecule has 1 aliphatic rings. The van der Waals surface area contributed by atoms with Crippen molar-refractivity contribution in [3.8, 4) is 22.8 Å². The highest BCUT2D eigenvalue weighted by Crippen LogP contribution is 2.27. The molecule has 0 unspecified atom stereocenters. The fraction of sp³-hybridized carbons (Fsp3) is 0.240. The SMILES string of the molecule is Nc1ncc(-c2cccc(C(=O)NCc3c(F)cccc3Cl)c2)nc1-c1n[nH]c([C@H]2CCCNC2)n1. The molecule has 5 N–H and O–H groups in total. The van der Waals surface area contributed by atoms with Crippen LogP contribution in [0.1, 0.15) is 40.5 Å². The number of halogens is 2. The maximum absolute atomic E-state index is 14.0. The molecule has 0 saturated carbocycles.